The van der Waals surface area contributed by atoms with E-state index in [0.29, 0.717) is 23.5 Å². The fourth-order valence-electron chi connectivity index (χ4n) is 7.72. The molecule has 4 aliphatic heterocycles. The first kappa shape index (κ1) is 24.9. The Morgan fingerprint density at radius 2 is 1.52 bits per heavy atom. The third kappa shape index (κ3) is 3.15. The van der Waals surface area contributed by atoms with E-state index in [2.05, 4.69) is 5.32 Å². The van der Waals surface area contributed by atoms with E-state index in [4.69, 9.17) is 0 Å². The molecule has 0 aromatic heterocycles. The van der Waals surface area contributed by atoms with E-state index in [1.807, 2.05) is 91.9 Å². The number of hydrogen-bond donors (Lipinski definition) is 1. The quantitative estimate of drug-likeness (QED) is 0.388. The summed E-state index contributed by atoms with van der Waals surface area (Å²) < 4.78 is 0. The lowest BCUT2D eigenvalue weighted by Gasteiger charge is -2.30. The first-order chi connectivity index (χ1) is 20.4. The topological polar surface area (TPSA) is 90.0 Å². The maximum absolute atomic E-state index is 14.6. The summed E-state index contributed by atoms with van der Waals surface area (Å²) in [5.74, 6) is -2.94. The second-order valence-corrected chi connectivity index (χ2v) is 11.6. The van der Waals surface area contributed by atoms with E-state index in [1.54, 1.807) is 11.0 Å². The van der Waals surface area contributed by atoms with Crippen LogP contribution in [0.2, 0.25) is 0 Å². The van der Waals surface area contributed by atoms with Gasteiger partial charge in [0.1, 0.15) is 12.1 Å². The molecule has 4 heterocycles. The van der Waals surface area contributed by atoms with E-state index in [1.165, 1.54) is 9.80 Å². The Balaban J connectivity index is 1.20. The highest BCUT2D eigenvalue weighted by Crippen LogP contribution is 2.55. The Morgan fingerprint density at radius 1 is 0.833 bits per heavy atom. The minimum absolute atomic E-state index is 0.158. The molecule has 1 spiro atoms. The molecule has 2 fully saturated rings. The fourth-order valence-corrected chi connectivity index (χ4v) is 7.72. The smallest absolute Gasteiger partial charge is 0.253 e. The fraction of sp³-hybridized carbons (Fsp3) is 0.235. The summed E-state index contributed by atoms with van der Waals surface area (Å²) >= 11 is 0. The van der Waals surface area contributed by atoms with Crippen LogP contribution >= 0.6 is 0 Å². The van der Waals surface area contributed by atoms with Crippen molar-refractivity contribution in [2.24, 2.45) is 11.8 Å². The van der Waals surface area contributed by atoms with Crippen LogP contribution < -0.4 is 20.0 Å². The van der Waals surface area contributed by atoms with E-state index < -0.39 is 29.3 Å². The molecule has 2 saturated heterocycles. The highest BCUT2D eigenvalue weighted by molar-refractivity contribution is 6.28. The molecule has 4 amide bonds. The molecule has 0 radical (unpaired) electrons. The van der Waals surface area contributed by atoms with Crippen molar-refractivity contribution < 1.29 is 19.2 Å². The number of anilines is 3. The second-order valence-electron chi connectivity index (χ2n) is 11.6. The molecule has 4 atom stereocenters. The lowest BCUT2D eigenvalue weighted by Crippen LogP contribution is -2.56. The molecule has 4 aliphatic rings. The largest absolute Gasteiger partial charge is 0.310 e. The summed E-state index contributed by atoms with van der Waals surface area (Å²) in [6.45, 7) is 2.25. The maximum Gasteiger partial charge on any atom is 0.253 e. The van der Waals surface area contributed by atoms with E-state index in [9.17, 15) is 19.2 Å². The summed E-state index contributed by atoms with van der Waals surface area (Å²) in [4.78, 5) is 61.2. The van der Waals surface area contributed by atoms with Gasteiger partial charge in [-0.2, -0.15) is 0 Å². The number of carbonyl (C=O) groups excluding carboxylic acids is 4. The molecule has 42 heavy (non-hydrogen) atoms. The van der Waals surface area contributed by atoms with Crippen LogP contribution in [0, 0.1) is 11.8 Å². The molecule has 0 unspecified atom stereocenters. The van der Waals surface area contributed by atoms with Gasteiger partial charge >= 0.3 is 0 Å². The zero-order valence-corrected chi connectivity index (χ0v) is 23.0. The zero-order chi connectivity index (χ0) is 28.7. The van der Waals surface area contributed by atoms with Crippen LogP contribution in [0.25, 0.3) is 10.8 Å². The van der Waals surface area contributed by atoms with Crippen LogP contribution in [0.4, 0.5) is 17.1 Å². The average Bonchev–Trinajstić information content (AvgIpc) is 3.71. The van der Waals surface area contributed by atoms with Crippen molar-refractivity contribution in [2.75, 3.05) is 27.8 Å². The first-order valence-electron chi connectivity index (χ1n) is 14.3. The third-order valence-electron chi connectivity index (χ3n) is 9.50. The molecule has 4 aromatic carbocycles. The Kier molecular flexibility index (Phi) is 5.25. The minimum atomic E-state index is -1.45. The summed E-state index contributed by atoms with van der Waals surface area (Å²) in [6, 6.07) is 27.9. The van der Waals surface area contributed by atoms with Gasteiger partial charge in [0.15, 0.2) is 0 Å². The van der Waals surface area contributed by atoms with Crippen molar-refractivity contribution in [3.63, 3.8) is 0 Å². The minimum Gasteiger partial charge on any atom is -0.310 e. The highest BCUT2D eigenvalue weighted by atomic mass is 16.2. The SMILES string of the molecule is C[C@H]1N[C@]2(C(=O)N(CC(=O)N3CCc4ccccc43)c3ccccc32)[C@@H]2C(=O)N(c3cccc4ccccc34)C(=O)[C@@H]21. The number of nitrogens with one attached hydrogen (secondary N) is 1. The van der Waals surface area contributed by atoms with Crippen molar-refractivity contribution in [1.82, 2.24) is 5.32 Å². The van der Waals surface area contributed by atoms with Gasteiger partial charge in [-0.15, -0.1) is 0 Å². The van der Waals surface area contributed by atoms with Gasteiger partial charge in [0.25, 0.3) is 5.91 Å². The molecule has 0 bridgehead atoms. The normalized spacial score (nSPS) is 26.0. The standard InChI is InChI=1S/C34H28N4O4/c1-20-29-30(32(41)38(31(29)40)26-16-8-11-21-9-2-4-12-23(21)26)34(35-20)24-13-5-7-15-27(24)37(33(34)42)19-28(39)36-18-17-22-10-3-6-14-25(22)36/h2-16,20,29-30,35H,17-19H2,1H3/t20-,29-,30+,34+/m1/s1. The van der Waals surface area contributed by atoms with Crippen molar-refractivity contribution in [2.45, 2.75) is 24.9 Å². The van der Waals surface area contributed by atoms with Crippen molar-refractivity contribution >= 4 is 51.5 Å². The molecule has 208 valence electrons. The summed E-state index contributed by atoms with van der Waals surface area (Å²) in [5, 5.41) is 5.13. The molecule has 4 aromatic rings. The van der Waals surface area contributed by atoms with Gasteiger partial charge in [-0.1, -0.05) is 72.8 Å². The van der Waals surface area contributed by atoms with Crippen molar-refractivity contribution in [3.05, 3.63) is 102 Å². The predicted octanol–water partition coefficient (Wildman–Crippen LogP) is 3.77. The number of hydrogen-bond acceptors (Lipinski definition) is 5. The van der Waals surface area contributed by atoms with Gasteiger partial charge < -0.3 is 9.80 Å². The molecular formula is C34H28N4O4. The summed E-state index contributed by atoms with van der Waals surface area (Å²) in [5.41, 5.74) is 2.27. The summed E-state index contributed by atoms with van der Waals surface area (Å²) in [6.07, 6.45) is 0.764. The number of amides is 4. The van der Waals surface area contributed by atoms with Crippen molar-refractivity contribution in [1.29, 1.82) is 0 Å². The van der Waals surface area contributed by atoms with E-state index in [-0.39, 0.29) is 24.3 Å². The first-order valence-corrected chi connectivity index (χ1v) is 14.3. The Hall–Kier alpha value is -4.82. The number of carbonyl (C=O) groups is 4. The van der Waals surface area contributed by atoms with Crippen molar-refractivity contribution in [3.8, 4) is 0 Å². The molecule has 1 N–H and O–H groups in total. The molecule has 0 aliphatic carbocycles. The van der Waals surface area contributed by atoms with Gasteiger partial charge in [0, 0.05) is 34.9 Å². The van der Waals surface area contributed by atoms with Crippen LogP contribution in [0.15, 0.2) is 91.0 Å². The lowest BCUT2D eigenvalue weighted by molar-refractivity contribution is -0.132. The number of para-hydroxylation sites is 2. The van der Waals surface area contributed by atoms with Gasteiger partial charge in [0.2, 0.25) is 17.7 Å². The molecular weight excluding hydrogens is 528 g/mol. The monoisotopic (exact) mass is 556 g/mol. The Bertz CT molecular complexity index is 1850. The molecule has 8 nitrogen and oxygen atoms in total. The number of benzene rings is 4. The number of imide groups is 1. The van der Waals surface area contributed by atoms with Gasteiger partial charge in [-0.25, -0.2) is 4.90 Å². The van der Waals surface area contributed by atoms with E-state index >= 15 is 0 Å². The van der Waals surface area contributed by atoms with Crippen LogP contribution in [-0.2, 0) is 31.1 Å². The average molecular weight is 557 g/mol. The maximum atomic E-state index is 14.6. The Labute approximate surface area is 242 Å². The predicted molar refractivity (Wildman–Crippen MR) is 159 cm³/mol. The van der Waals surface area contributed by atoms with Gasteiger partial charge in [-0.3, -0.25) is 24.5 Å². The molecule has 8 heteroatoms. The zero-order valence-electron chi connectivity index (χ0n) is 23.0. The van der Waals surface area contributed by atoms with Crippen LogP contribution in [-0.4, -0.2) is 42.8 Å². The number of fused-ring (bicyclic) bond motifs is 6. The molecule has 8 rings (SSSR count). The van der Waals surface area contributed by atoms with E-state index in [0.717, 1.165) is 28.4 Å². The third-order valence-corrected chi connectivity index (χ3v) is 9.50. The van der Waals surface area contributed by atoms with Crippen LogP contribution in [0.1, 0.15) is 18.1 Å². The number of nitrogens with zero attached hydrogens (tertiary/aromatic N) is 3. The lowest BCUT2D eigenvalue weighted by atomic mass is 9.76. The van der Waals surface area contributed by atoms with Gasteiger partial charge in [0.05, 0.1) is 17.5 Å². The van der Waals surface area contributed by atoms with Crippen LogP contribution in [0.5, 0.6) is 0 Å². The number of rotatable bonds is 3. The highest BCUT2D eigenvalue weighted by Gasteiger charge is 2.71. The summed E-state index contributed by atoms with van der Waals surface area (Å²) in [7, 11) is 0. The van der Waals surface area contributed by atoms with Crippen LogP contribution in [0.3, 0.4) is 0 Å². The second kappa shape index (κ2) is 8.84. The molecule has 0 saturated carbocycles. The Morgan fingerprint density at radius 3 is 2.38 bits per heavy atom. The van der Waals surface area contributed by atoms with Gasteiger partial charge in [-0.05, 0) is 42.5 Å².